The Balaban J connectivity index is 3.03. The van der Waals surface area contributed by atoms with Crippen molar-refractivity contribution < 1.29 is 9.59 Å². The lowest BCUT2D eigenvalue weighted by Gasteiger charge is -2.24. The fourth-order valence-electron chi connectivity index (χ4n) is 2.30. The van der Waals surface area contributed by atoms with Gasteiger partial charge in [-0.2, -0.15) is 5.10 Å². The van der Waals surface area contributed by atoms with Gasteiger partial charge in [0.15, 0.2) is 0 Å². The summed E-state index contributed by atoms with van der Waals surface area (Å²) in [5.74, 6) is 0.439. The molecule has 1 N–H and O–H groups in total. The van der Waals surface area contributed by atoms with Crippen molar-refractivity contribution in [3.8, 4) is 0 Å². The summed E-state index contributed by atoms with van der Waals surface area (Å²) >= 11 is 0. The summed E-state index contributed by atoms with van der Waals surface area (Å²) in [6.07, 6.45) is 0.398. The molecule has 0 aliphatic heterocycles. The average molecular weight is 336 g/mol. The van der Waals surface area contributed by atoms with Crippen LogP contribution in [-0.2, 0) is 20.5 Å². The van der Waals surface area contributed by atoms with Crippen LogP contribution in [-0.4, -0.2) is 39.6 Å². The van der Waals surface area contributed by atoms with Gasteiger partial charge in [0.25, 0.3) is 0 Å². The van der Waals surface area contributed by atoms with Gasteiger partial charge in [-0.3, -0.25) is 9.59 Å². The van der Waals surface area contributed by atoms with Gasteiger partial charge in [0.05, 0.1) is 17.8 Å². The Kier molecular flexibility index (Phi) is 6.20. The second-order valence-corrected chi connectivity index (χ2v) is 8.06. The van der Waals surface area contributed by atoms with E-state index in [-0.39, 0.29) is 29.3 Å². The minimum absolute atomic E-state index is 0.0210. The maximum Gasteiger partial charge on any atom is 0.245 e. The Bertz CT molecular complexity index is 591. The molecule has 0 radical (unpaired) electrons. The number of carbonyl (C=O) groups is 2. The number of hydrogen-bond acceptors (Lipinski definition) is 3. The van der Waals surface area contributed by atoms with E-state index in [1.807, 2.05) is 38.4 Å². The third kappa shape index (κ3) is 5.08. The summed E-state index contributed by atoms with van der Waals surface area (Å²) in [6.45, 7) is 16.6. The first kappa shape index (κ1) is 20.2. The van der Waals surface area contributed by atoms with Gasteiger partial charge in [-0.05, 0) is 27.7 Å². The summed E-state index contributed by atoms with van der Waals surface area (Å²) in [5.41, 5.74) is 0.559. The van der Waals surface area contributed by atoms with Crippen molar-refractivity contribution in [1.82, 2.24) is 14.7 Å². The van der Waals surface area contributed by atoms with E-state index in [9.17, 15) is 9.59 Å². The number of amides is 2. The molecular weight excluding hydrogens is 304 g/mol. The smallest absolute Gasteiger partial charge is 0.245 e. The molecule has 0 aromatic carbocycles. The van der Waals surface area contributed by atoms with Crippen molar-refractivity contribution in [1.29, 1.82) is 0 Å². The molecular formula is C18H32N4O2. The first-order valence-corrected chi connectivity index (χ1v) is 8.58. The molecule has 0 unspecified atom stereocenters. The van der Waals surface area contributed by atoms with Crippen molar-refractivity contribution in [2.24, 2.45) is 0 Å². The molecule has 1 heterocycles. The molecule has 0 saturated carbocycles. The zero-order valence-electron chi connectivity index (χ0n) is 16.4. The van der Waals surface area contributed by atoms with Crippen LogP contribution in [0.1, 0.15) is 67.5 Å². The van der Waals surface area contributed by atoms with Crippen molar-refractivity contribution in [3.05, 3.63) is 11.8 Å². The van der Waals surface area contributed by atoms with E-state index >= 15 is 0 Å². The lowest BCUT2D eigenvalue weighted by Crippen LogP contribution is -2.38. The lowest BCUT2D eigenvalue weighted by atomic mass is 9.92. The van der Waals surface area contributed by atoms with E-state index in [2.05, 4.69) is 31.2 Å². The first-order chi connectivity index (χ1) is 10.9. The van der Waals surface area contributed by atoms with Gasteiger partial charge < -0.3 is 10.2 Å². The molecule has 0 atom stereocenters. The van der Waals surface area contributed by atoms with E-state index in [1.54, 1.807) is 11.8 Å². The standard InChI is InChI=1S/C18H32N4O2/c1-9-16(24)21(10-2)12-15(23)19-14-11-13(17(3,4)5)20-22(14)18(6,7)8/h11H,9-10,12H2,1-8H3,(H,19,23). The van der Waals surface area contributed by atoms with Gasteiger partial charge in [-0.1, -0.05) is 27.7 Å². The lowest BCUT2D eigenvalue weighted by molar-refractivity contribution is -0.134. The number of hydrogen-bond donors (Lipinski definition) is 1. The first-order valence-electron chi connectivity index (χ1n) is 8.58. The third-order valence-corrected chi connectivity index (χ3v) is 3.75. The zero-order valence-corrected chi connectivity index (χ0v) is 16.4. The van der Waals surface area contributed by atoms with Crippen LogP contribution in [0.2, 0.25) is 0 Å². The zero-order chi connectivity index (χ0) is 18.7. The molecule has 0 spiro atoms. The molecule has 1 aromatic rings. The van der Waals surface area contributed by atoms with E-state index in [4.69, 9.17) is 0 Å². The monoisotopic (exact) mass is 336 g/mol. The van der Waals surface area contributed by atoms with Crippen LogP contribution in [0.3, 0.4) is 0 Å². The van der Waals surface area contributed by atoms with Gasteiger partial charge in [-0.15, -0.1) is 0 Å². The van der Waals surface area contributed by atoms with Crippen LogP contribution in [0.25, 0.3) is 0 Å². The van der Waals surface area contributed by atoms with Gasteiger partial charge in [0.2, 0.25) is 11.8 Å². The molecule has 6 heteroatoms. The highest BCUT2D eigenvalue weighted by molar-refractivity contribution is 5.94. The van der Waals surface area contributed by atoms with Crippen molar-refractivity contribution >= 4 is 17.6 Å². The van der Waals surface area contributed by atoms with Crippen molar-refractivity contribution in [2.75, 3.05) is 18.4 Å². The molecule has 136 valence electrons. The van der Waals surface area contributed by atoms with Crippen LogP contribution in [0.4, 0.5) is 5.82 Å². The fourth-order valence-corrected chi connectivity index (χ4v) is 2.30. The van der Waals surface area contributed by atoms with Crippen LogP contribution in [0.15, 0.2) is 6.07 Å². The predicted octanol–water partition coefficient (Wildman–Crippen LogP) is 3.13. The van der Waals surface area contributed by atoms with Crippen molar-refractivity contribution in [3.63, 3.8) is 0 Å². The van der Waals surface area contributed by atoms with E-state index < -0.39 is 0 Å². The molecule has 0 saturated heterocycles. The summed E-state index contributed by atoms with van der Waals surface area (Å²) in [5, 5.41) is 7.60. The van der Waals surface area contributed by atoms with Crippen LogP contribution < -0.4 is 5.32 Å². The highest BCUT2D eigenvalue weighted by Crippen LogP contribution is 2.28. The molecule has 2 amide bonds. The predicted molar refractivity (Wildman–Crippen MR) is 97.1 cm³/mol. The quantitative estimate of drug-likeness (QED) is 0.898. The minimum Gasteiger partial charge on any atom is -0.334 e. The summed E-state index contributed by atoms with van der Waals surface area (Å²) < 4.78 is 1.84. The summed E-state index contributed by atoms with van der Waals surface area (Å²) in [7, 11) is 0. The second-order valence-electron chi connectivity index (χ2n) is 8.06. The van der Waals surface area contributed by atoms with E-state index in [0.717, 1.165) is 5.69 Å². The number of anilines is 1. The summed E-state index contributed by atoms with van der Waals surface area (Å²) in [4.78, 5) is 25.8. The molecule has 0 bridgehead atoms. The van der Waals surface area contributed by atoms with Crippen LogP contribution in [0, 0.1) is 0 Å². The molecule has 0 aliphatic carbocycles. The highest BCUT2D eigenvalue weighted by Gasteiger charge is 2.26. The largest absolute Gasteiger partial charge is 0.334 e. The van der Waals surface area contributed by atoms with Gasteiger partial charge in [0, 0.05) is 24.4 Å². The maximum atomic E-state index is 12.4. The maximum absolute atomic E-state index is 12.4. The number of aromatic nitrogens is 2. The molecule has 24 heavy (non-hydrogen) atoms. The number of nitrogens with one attached hydrogen (secondary N) is 1. The summed E-state index contributed by atoms with van der Waals surface area (Å²) in [6, 6.07) is 1.92. The molecule has 1 aromatic heterocycles. The van der Waals surface area contributed by atoms with Crippen LogP contribution >= 0.6 is 0 Å². The van der Waals surface area contributed by atoms with Gasteiger partial charge in [-0.25, -0.2) is 4.68 Å². The van der Waals surface area contributed by atoms with Gasteiger partial charge in [0.1, 0.15) is 5.82 Å². The Morgan fingerprint density at radius 3 is 2.17 bits per heavy atom. The third-order valence-electron chi connectivity index (χ3n) is 3.75. The highest BCUT2D eigenvalue weighted by atomic mass is 16.2. The normalized spacial score (nSPS) is 12.2. The SMILES string of the molecule is CCC(=O)N(CC)CC(=O)Nc1cc(C(C)(C)C)nn1C(C)(C)C. The molecule has 0 fully saturated rings. The van der Waals surface area contributed by atoms with Gasteiger partial charge >= 0.3 is 0 Å². The second kappa shape index (κ2) is 7.36. The fraction of sp³-hybridized carbons (Fsp3) is 0.722. The molecule has 6 nitrogen and oxygen atoms in total. The number of carbonyl (C=O) groups excluding carboxylic acids is 2. The number of nitrogens with zero attached hydrogens (tertiary/aromatic N) is 3. The topological polar surface area (TPSA) is 67.2 Å². The number of rotatable bonds is 5. The average Bonchev–Trinajstić information content (AvgIpc) is 2.87. The Morgan fingerprint density at radius 1 is 1.17 bits per heavy atom. The van der Waals surface area contributed by atoms with Crippen LogP contribution in [0.5, 0.6) is 0 Å². The Morgan fingerprint density at radius 2 is 1.75 bits per heavy atom. The van der Waals surface area contributed by atoms with Crippen molar-refractivity contribution in [2.45, 2.75) is 72.8 Å². The van der Waals surface area contributed by atoms with E-state index in [1.165, 1.54) is 0 Å². The molecule has 1 rings (SSSR count). The Labute approximate surface area is 145 Å². The minimum atomic E-state index is -0.254. The van der Waals surface area contributed by atoms with E-state index in [0.29, 0.717) is 18.8 Å². The number of likely N-dealkylation sites (N-methyl/N-ethyl adjacent to an activating group) is 1. The Hall–Kier alpha value is -1.85. The molecule has 0 aliphatic rings.